The van der Waals surface area contributed by atoms with Gasteiger partial charge in [0.2, 0.25) is 0 Å². The Morgan fingerprint density at radius 3 is 2.60 bits per heavy atom. The molecule has 0 radical (unpaired) electrons. The van der Waals surface area contributed by atoms with Crippen molar-refractivity contribution in [1.29, 1.82) is 0 Å². The molecule has 0 saturated carbocycles. The van der Waals surface area contributed by atoms with Gasteiger partial charge in [-0.25, -0.2) is 0 Å². The van der Waals surface area contributed by atoms with Crippen LogP contribution in [0.2, 0.25) is 0 Å². The highest BCUT2D eigenvalue weighted by atomic mass is 15.1. The molecule has 2 heterocycles. The first kappa shape index (κ1) is 14.5. The average Bonchev–Trinajstić information content (AvgIpc) is 2.52. The Morgan fingerprint density at radius 2 is 1.85 bits per heavy atom. The Hall–Kier alpha value is -1.94. The molecule has 0 unspecified atom stereocenters. The second-order valence-corrected chi connectivity index (χ2v) is 4.81. The van der Waals surface area contributed by atoms with E-state index >= 15 is 0 Å². The predicted molar refractivity (Wildman–Crippen MR) is 82.8 cm³/mol. The predicted octanol–water partition coefficient (Wildman–Crippen LogP) is 2.27. The number of hydrogen-bond acceptors (Lipinski definition) is 4. The molecule has 2 aromatic rings. The standard InChI is InChI=1S/C16H22N4/c1-3-17-12-15-6-10-19-13-16(15)20(2)11-7-14-4-8-18-9-5-14/h4-6,8-10,13,17H,3,7,11-12H2,1-2H3. The van der Waals surface area contributed by atoms with E-state index < -0.39 is 0 Å². The van der Waals surface area contributed by atoms with Gasteiger partial charge in [0, 0.05) is 38.7 Å². The highest BCUT2D eigenvalue weighted by Gasteiger charge is 2.07. The molecular weight excluding hydrogens is 248 g/mol. The molecule has 2 rings (SSSR count). The first-order valence-electron chi connectivity index (χ1n) is 7.05. The first-order chi connectivity index (χ1) is 9.81. The lowest BCUT2D eigenvalue weighted by Gasteiger charge is -2.22. The van der Waals surface area contributed by atoms with Crippen molar-refractivity contribution in [2.45, 2.75) is 19.9 Å². The molecule has 0 fully saturated rings. The summed E-state index contributed by atoms with van der Waals surface area (Å²) in [5.74, 6) is 0. The quantitative estimate of drug-likeness (QED) is 0.838. The molecule has 0 aromatic carbocycles. The van der Waals surface area contributed by atoms with Gasteiger partial charge in [0.05, 0.1) is 11.9 Å². The molecule has 1 N–H and O–H groups in total. The highest BCUT2D eigenvalue weighted by Crippen LogP contribution is 2.18. The maximum absolute atomic E-state index is 4.25. The number of nitrogens with one attached hydrogen (secondary N) is 1. The summed E-state index contributed by atoms with van der Waals surface area (Å²) in [5, 5.41) is 3.37. The number of likely N-dealkylation sites (N-methyl/N-ethyl adjacent to an activating group) is 1. The van der Waals surface area contributed by atoms with Crippen molar-refractivity contribution in [3.63, 3.8) is 0 Å². The number of nitrogens with zero attached hydrogens (tertiary/aromatic N) is 3. The van der Waals surface area contributed by atoms with Crippen LogP contribution >= 0.6 is 0 Å². The SMILES string of the molecule is CCNCc1ccncc1N(C)CCc1ccncc1. The Morgan fingerprint density at radius 1 is 1.10 bits per heavy atom. The van der Waals surface area contributed by atoms with Crippen LogP contribution in [0.4, 0.5) is 5.69 Å². The average molecular weight is 270 g/mol. The molecule has 4 heteroatoms. The molecule has 0 atom stereocenters. The summed E-state index contributed by atoms with van der Waals surface area (Å²) >= 11 is 0. The lowest BCUT2D eigenvalue weighted by molar-refractivity contribution is 0.721. The lowest BCUT2D eigenvalue weighted by Crippen LogP contribution is -2.23. The molecule has 0 aliphatic rings. The molecule has 0 amide bonds. The number of aromatic nitrogens is 2. The van der Waals surface area contributed by atoms with Crippen LogP contribution in [-0.4, -0.2) is 30.1 Å². The maximum Gasteiger partial charge on any atom is 0.0595 e. The van der Waals surface area contributed by atoms with E-state index in [1.165, 1.54) is 16.8 Å². The van der Waals surface area contributed by atoms with E-state index in [9.17, 15) is 0 Å². The summed E-state index contributed by atoms with van der Waals surface area (Å²) < 4.78 is 0. The van der Waals surface area contributed by atoms with Crippen molar-refractivity contribution in [2.24, 2.45) is 0 Å². The summed E-state index contributed by atoms with van der Waals surface area (Å²) in [7, 11) is 2.12. The minimum absolute atomic E-state index is 0.883. The second kappa shape index (κ2) is 7.60. The third kappa shape index (κ3) is 4.03. The Balaban J connectivity index is 1.99. The van der Waals surface area contributed by atoms with E-state index in [0.29, 0.717) is 0 Å². The summed E-state index contributed by atoms with van der Waals surface area (Å²) in [6.07, 6.45) is 8.49. The van der Waals surface area contributed by atoms with Crippen LogP contribution in [0.3, 0.4) is 0 Å². The highest BCUT2D eigenvalue weighted by molar-refractivity contribution is 5.51. The van der Waals surface area contributed by atoms with Crippen molar-refractivity contribution in [2.75, 3.05) is 25.0 Å². The molecule has 0 saturated heterocycles. The number of anilines is 1. The van der Waals surface area contributed by atoms with Gasteiger partial charge in [0.1, 0.15) is 0 Å². The van der Waals surface area contributed by atoms with Crippen molar-refractivity contribution in [3.8, 4) is 0 Å². The summed E-state index contributed by atoms with van der Waals surface area (Å²) in [6, 6.07) is 6.22. The molecule has 2 aromatic heterocycles. The zero-order valence-electron chi connectivity index (χ0n) is 12.2. The monoisotopic (exact) mass is 270 g/mol. The number of pyridine rings is 2. The third-order valence-corrected chi connectivity index (χ3v) is 3.35. The largest absolute Gasteiger partial charge is 0.373 e. The van der Waals surface area contributed by atoms with E-state index in [2.05, 4.69) is 52.4 Å². The fourth-order valence-electron chi connectivity index (χ4n) is 2.13. The normalized spacial score (nSPS) is 10.5. The fraction of sp³-hybridized carbons (Fsp3) is 0.375. The third-order valence-electron chi connectivity index (χ3n) is 3.35. The van der Waals surface area contributed by atoms with Crippen molar-refractivity contribution < 1.29 is 0 Å². The molecule has 0 bridgehead atoms. The van der Waals surface area contributed by atoms with Crippen LogP contribution in [-0.2, 0) is 13.0 Å². The van der Waals surface area contributed by atoms with Gasteiger partial charge in [-0.05, 0) is 42.3 Å². The van der Waals surface area contributed by atoms with Gasteiger partial charge >= 0.3 is 0 Å². The van der Waals surface area contributed by atoms with Gasteiger partial charge in [0.15, 0.2) is 0 Å². The molecule has 0 aliphatic carbocycles. The molecule has 106 valence electrons. The summed E-state index contributed by atoms with van der Waals surface area (Å²) in [5.41, 5.74) is 3.80. The minimum atomic E-state index is 0.883. The van der Waals surface area contributed by atoms with Crippen molar-refractivity contribution >= 4 is 5.69 Å². The van der Waals surface area contributed by atoms with Gasteiger partial charge < -0.3 is 10.2 Å². The summed E-state index contributed by atoms with van der Waals surface area (Å²) in [6.45, 7) is 4.94. The van der Waals surface area contributed by atoms with Gasteiger partial charge in [0.25, 0.3) is 0 Å². The van der Waals surface area contributed by atoms with Gasteiger partial charge in [-0.2, -0.15) is 0 Å². The molecule has 4 nitrogen and oxygen atoms in total. The van der Waals surface area contributed by atoms with E-state index in [0.717, 1.165) is 26.1 Å². The molecular formula is C16H22N4. The molecule has 20 heavy (non-hydrogen) atoms. The van der Waals surface area contributed by atoms with Crippen LogP contribution in [0.15, 0.2) is 43.0 Å². The Labute approximate surface area is 120 Å². The van der Waals surface area contributed by atoms with E-state index in [4.69, 9.17) is 0 Å². The van der Waals surface area contributed by atoms with Gasteiger partial charge in [-0.1, -0.05) is 6.92 Å². The molecule has 0 spiro atoms. The van der Waals surface area contributed by atoms with E-state index in [1.807, 2.05) is 24.8 Å². The zero-order valence-corrected chi connectivity index (χ0v) is 12.2. The van der Waals surface area contributed by atoms with Gasteiger partial charge in [-0.3, -0.25) is 9.97 Å². The Bertz CT molecular complexity index is 513. The molecule has 0 aliphatic heterocycles. The van der Waals surface area contributed by atoms with Crippen LogP contribution in [0.25, 0.3) is 0 Å². The zero-order chi connectivity index (χ0) is 14.2. The van der Waals surface area contributed by atoms with Crippen molar-refractivity contribution in [3.05, 3.63) is 54.1 Å². The van der Waals surface area contributed by atoms with Crippen molar-refractivity contribution in [1.82, 2.24) is 15.3 Å². The van der Waals surface area contributed by atoms with Crippen LogP contribution < -0.4 is 10.2 Å². The van der Waals surface area contributed by atoms with E-state index in [1.54, 1.807) is 0 Å². The van der Waals surface area contributed by atoms with Crippen LogP contribution in [0.1, 0.15) is 18.1 Å². The maximum atomic E-state index is 4.25. The number of rotatable bonds is 7. The summed E-state index contributed by atoms with van der Waals surface area (Å²) in [4.78, 5) is 10.6. The van der Waals surface area contributed by atoms with Gasteiger partial charge in [-0.15, -0.1) is 0 Å². The fourth-order valence-corrected chi connectivity index (χ4v) is 2.13. The topological polar surface area (TPSA) is 41.1 Å². The second-order valence-electron chi connectivity index (χ2n) is 4.81. The van der Waals surface area contributed by atoms with Crippen LogP contribution in [0.5, 0.6) is 0 Å². The Kier molecular flexibility index (Phi) is 5.50. The number of hydrogen-bond donors (Lipinski definition) is 1. The van der Waals surface area contributed by atoms with Crippen LogP contribution in [0, 0.1) is 0 Å². The smallest absolute Gasteiger partial charge is 0.0595 e. The lowest BCUT2D eigenvalue weighted by atomic mass is 10.1. The van der Waals surface area contributed by atoms with E-state index in [-0.39, 0.29) is 0 Å². The first-order valence-corrected chi connectivity index (χ1v) is 7.05. The minimum Gasteiger partial charge on any atom is -0.373 e.